The molecule has 1 saturated heterocycles. The minimum atomic E-state index is -0.0640. The van der Waals surface area contributed by atoms with Gasteiger partial charge in [-0.1, -0.05) is 48.5 Å². The molecule has 4 rings (SSSR count). The van der Waals surface area contributed by atoms with Gasteiger partial charge in [0.25, 0.3) is 0 Å². The molecule has 4 heteroatoms. The lowest BCUT2D eigenvalue weighted by atomic mass is 10.0. The van der Waals surface area contributed by atoms with Crippen molar-refractivity contribution in [3.63, 3.8) is 0 Å². The Labute approximate surface area is 162 Å². The third kappa shape index (κ3) is 4.33. The van der Waals surface area contributed by atoms with Crippen LogP contribution in [-0.2, 0) is 11.2 Å². The van der Waals surface area contributed by atoms with Gasteiger partial charge in [-0.25, -0.2) is 0 Å². The van der Waals surface area contributed by atoms with Gasteiger partial charge in [0.1, 0.15) is 0 Å². The van der Waals surface area contributed by atoms with E-state index in [1.165, 1.54) is 29.7 Å². The highest BCUT2D eigenvalue weighted by molar-refractivity contribution is 5.82. The molecular weight excluding hydrogens is 334 g/mol. The first-order chi connectivity index (χ1) is 13.3. The summed E-state index contributed by atoms with van der Waals surface area (Å²) in [5.41, 5.74) is 4.10. The van der Waals surface area contributed by atoms with Crippen LogP contribution in [0.1, 0.15) is 42.9 Å². The van der Waals surface area contributed by atoms with E-state index in [9.17, 15) is 4.79 Å². The van der Waals surface area contributed by atoms with Crippen LogP contribution in [0, 0.1) is 0 Å². The number of carbonyl (C=O) groups excluding carboxylic acids is 1. The van der Waals surface area contributed by atoms with Crippen molar-refractivity contribution in [1.82, 2.24) is 10.6 Å². The number of amides is 1. The van der Waals surface area contributed by atoms with Gasteiger partial charge in [-0.2, -0.15) is 0 Å². The summed E-state index contributed by atoms with van der Waals surface area (Å²) in [5, 5.41) is 6.62. The highest BCUT2D eigenvalue weighted by Gasteiger charge is 2.29. The zero-order valence-electron chi connectivity index (χ0n) is 15.9. The number of hydrogen-bond donors (Lipinski definition) is 2. The van der Waals surface area contributed by atoms with Gasteiger partial charge in [0.2, 0.25) is 5.91 Å². The van der Waals surface area contributed by atoms with Gasteiger partial charge in [-0.05, 0) is 49.3 Å². The molecular formula is C23H29N3O. The summed E-state index contributed by atoms with van der Waals surface area (Å²) in [5.74, 6) is 0.146. The minimum Gasteiger partial charge on any atom is -0.371 e. The Kier molecular flexibility index (Phi) is 5.73. The van der Waals surface area contributed by atoms with Crippen LogP contribution in [-0.4, -0.2) is 31.6 Å². The van der Waals surface area contributed by atoms with Gasteiger partial charge in [0, 0.05) is 31.4 Å². The molecule has 142 valence electrons. The minimum absolute atomic E-state index is 0.0640. The largest absolute Gasteiger partial charge is 0.371 e. The van der Waals surface area contributed by atoms with E-state index in [1.54, 1.807) is 0 Å². The van der Waals surface area contributed by atoms with Crippen LogP contribution in [0.3, 0.4) is 0 Å². The fraction of sp³-hybridized carbons (Fsp3) is 0.435. The molecule has 2 aromatic rings. The third-order valence-corrected chi connectivity index (χ3v) is 5.78. The molecule has 1 fully saturated rings. The maximum Gasteiger partial charge on any atom is 0.237 e. The van der Waals surface area contributed by atoms with Crippen molar-refractivity contribution in [2.24, 2.45) is 0 Å². The first kappa shape index (κ1) is 18.1. The number of nitrogens with one attached hydrogen (secondary N) is 2. The molecule has 0 radical (unpaired) electrons. The number of aryl methyl sites for hydroxylation is 1. The zero-order valence-corrected chi connectivity index (χ0v) is 15.9. The average molecular weight is 364 g/mol. The van der Waals surface area contributed by atoms with E-state index in [-0.39, 0.29) is 11.9 Å². The lowest BCUT2D eigenvalue weighted by molar-refractivity contribution is -0.122. The summed E-state index contributed by atoms with van der Waals surface area (Å²) in [6.07, 6.45) is 5.31. The molecule has 2 heterocycles. The molecule has 0 saturated carbocycles. The summed E-state index contributed by atoms with van der Waals surface area (Å²) in [6, 6.07) is 19.3. The number of hydrogen-bond acceptors (Lipinski definition) is 3. The number of fused-ring (bicyclic) bond motifs is 1. The molecule has 1 amide bonds. The summed E-state index contributed by atoms with van der Waals surface area (Å²) in [7, 11) is 0. The Balaban J connectivity index is 1.21. The maximum atomic E-state index is 12.5. The van der Waals surface area contributed by atoms with E-state index < -0.39 is 0 Å². The Bertz CT molecular complexity index is 761. The quantitative estimate of drug-likeness (QED) is 0.773. The van der Waals surface area contributed by atoms with Crippen LogP contribution in [0.25, 0.3) is 0 Å². The van der Waals surface area contributed by atoms with Crippen molar-refractivity contribution in [2.45, 2.75) is 44.2 Å². The van der Waals surface area contributed by atoms with E-state index in [1.807, 2.05) is 6.07 Å². The number of carbonyl (C=O) groups is 1. The molecule has 4 nitrogen and oxygen atoms in total. The smallest absolute Gasteiger partial charge is 0.237 e. The molecule has 0 aromatic heterocycles. The first-order valence-corrected chi connectivity index (χ1v) is 10.2. The van der Waals surface area contributed by atoms with Crippen LogP contribution >= 0.6 is 0 Å². The van der Waals surface area contributed by atoms with Crippen molar-refractivity contribution in [3.8, 4) is 0 Å². The van der Waals surface area contributed by atoms with Gasteiger partial charge >= 0.3 is 0 Å². The molecule has 0 spiro atoms. The van der Waals surface area contributed by atoms with Crippen LogP contribution in [0.15, 0.2) is 54.6 Å². The molecule has 2 aromatic carbocycles. The molecule has 27 heavy (non-hydrogen) atoms. The SMILES string of the molecule is O=C(NCCCN1CCCc2ccccc21)[C@H]1CC[C@H](c2ccccc2)N1. The number of para-hydroxylation sites is 1. The molecule has 2 atom stereocenters. The van der Waals surface area contributed by atoms with Gasteiger partial charge < -0.3 is 10.2 Å². The lowest BCUT2D eigenvalue weighted by Gasteiger charge is -2.31. The Morgan fingerprint density at radius 2 is 1.89 bits per heavy atom. The zero-order chi connectivity index (χ0) is 18.5. The lowest BCUT2D eigenvalue weighted by Crippen LogP contribution is -2.42. The van der Waals surface area contributed by atoms with Gasteiger partial charge in [-0.15, -0.1) is 0 Å². The Hall–Kier alpha value is -2.33. The monoisotopic (exact) mass is 363 g/mol. The summed E-state index contributed by atoms with van der Waals surface area (Å²) < 4.78 is 0. The summed E-state index contributed by atoms with van der Waals surface area (Å²) in [4.78, 5) is 14.9. The van der Waals surface area contributed by atoms with E-state index in [2.05, 4.69) is 64.1 Å². The predicted molar refractivity (Wildman–Crippen MR) is 110 cm³/mol. The van der Waals surface area contributed by atoms with E-state index in [4.69, 9.17) is 0 Å². The number of benzene rings is 2. The fourth-order valence-corrected chi connectivity index (χ4v) is 4.35. The first-order valence-electron chi connectivity index (χ1n) is 10.2. The summed E-state index contributed by atoms with van der Waals surface area (Å²) >= 11 is 0. The normalized spacial score (nSPS) is 21.7. The highest BCUT2D eigenvalue weighted by Crippen LogP contribution is 2.27. The molecule has 2 aliphatic rings. The summed E-state index contributed by atoms with van der Waals surface area (Å²) in [6.45, 7) is 2.86. The van der Waals surface area contributed by atoms with Crippen LogP contribution in [0.2, 0.25) is 0 Å². The second-order valence-electron chi connectivity index (χ2n) is 7.62. The standard InChI is InChI=1S/C23H29N3O/c27-23(21-14-13-20(25-21)18-8-2-1-3-9-18)24-15-7-17-26-16-6-11-19-10-4-5-12-22(19)26/h1-5,8-10,12,20-21,25H,6-7,11,13-17H2,(H,24,27)/t20-,21-/m1/s1. The van der Waals surface area contributed by atoms with Gasteiger partial charge in [-0.3, -0.25) is 10.1 Å². The van der Waals surface area contributed by atoms with E-state index >= 15 is 0 Å². The second-order valence-corrected chi connectivity index (χ2v) is 7.62. The van der Waals surface area contributed by atoms with Crippen LogP contribution in [0.4, 0.5) is 5.69 Å². The van der Waals surface area contributed by atoms with Crippen molar-refractivity contribution < 1.29 is 4.79 Å². The van der Waals surface area contributed by atoms with Crippen LogP contribution < -0.4 is 15.5 Å². The number of nitrogens with zero attached hydrogens (tertiary/aromatic N) is 1. The van der Waals surface area contributed by atoms with E-state index in [0.717, 1.165) is 38.9 Å². The van der Waals surface area contributed by atoms with Crippen molar-refractivity contribution in [2.75, 3.05) is 24.5 Å². The molecule has 0 aliphatic carbocycles. The highest BCUT2D eigenvalue weighted by atomic mass is 16.2. The van der Waals surface area contributed by atoms with Crippen molar-refractivity contribution in [1.29, 1.82) is 0 Å². The molecule has 0 unspecified atom stereocenters. The molecule has 2 N–H and O–H groups in total. The number of rotatable bonds is 6. The van der Waals surface area contributed by atoms with E-state index in [0.29, 0.717) is 6.04 Å². The van der Waals surface area contributed by atoms with Crippen molar-refractivity contribution in [3.05, 3.63) is 65.7 Å². The Morgan fingerprint density at radius 3 is 2.78 bits per heavy atom. The van der Waals surface area contributed by atoms with Crippen LogP contribution in [0.5, 0.6) is 0 Å². The maximum absolute atomic E-state index is 12.5. The van der Waals surface area contributed by atoms with Crippen molar-refractivity contribution >= 4 is 11.6 Å². The second kappa shape index (κ2) is 8.57. The average Bonchev–Trinajstić information content (AvgIpc) is 3.22. The topological polar surface area (TPSA) is 44.4 Å². The fourth-order valence-electron chi connectivity index (χ4n) is 4.35. The van der Waals surface area contributed by atoms with Gasteiger partial charge in [0.05, 0.1) is 6.04 Å². The molecule has 2 aliphatic heterocycles. The third-order valence-electron chi connectivity index (χ3n) is 5.78. The van der Waals surface area contributed by atoms with Gasteiger partial charge in [0.15, 0.2) is 0 Å². The molecule has 0 bridgehead atoms. The number of anilines is 1. The Morgan fingerprint density at radius 1 is 1.07 bits per heavy atom. The predicted octanol–water partition coefficient (Wildman–Crippen LogP) is 3.44.